The maximum atomic E-state index is 11.5. The average Bonchev–Trinajstić information content (AvgIpc) is 2.89. The van der Waals surface area contributed by atoms with Crippen LogP contribution in [0.2, 0.25) is 0 Å². The average molecular weight is 245 g/mol. The molecule has 0 aliphatic heterocycles. The highest BCUT2D eigenvalue weighted by Gasteiger charge is 2.01. The second-order valence-electron chi connectivity index (χ2n) is 3.72. The normalized spacial score (nSPS) is 10.0. The summed E-state index contributed by atoms with van der Waals surface area (Å²) < 4.78 is 7.03. The van der Waals surface area contributed by atoms with E-state index in [-0.39, 0.29) is 12.5 Å². The summed E-state index contributed by atoms with van der Waals surface area (Å²) in [6, 6.07) is 11.3. The molecule has 0 radical (unpaired) electrons. The van der Waals surface area contributed by atoms with Gasteiger partial charge in [-0.2, -0.15) is 5.10 Å². The number of aromatic nitrogens is 2. The third-order valence-corrected chi connectivity index (χ3v) is 2.30. The van der Waals surface area contributed by atoms with Gasteiger partial charge < -0.3 is 10.1 Å². The molecule has 5 nitrogen and oxygen atoms in total. The highest BCUT2D eigenvalue weighted by Crippen LogP contribution is 2.07. The first-order valence-electron chi connectivity index (χ1n) is 5.76. The van der Waals surface area contributed by atoms with E-state index < -0.39 is 0 Å². The Labute approximate surface area is 105 Å². The van der Waals surface area contributed by atoms with Crippen LogP contribution in [0.25, 0.3) is 0 Å². The number of hydrogen-bond donors (Lipinski definition) is 1. The third kappa shape index (κ3) is 3.93. The molecule has 0 aliphatic rings. The molecular weight excluding hydrogens is 230 g/mol. The minimum atomic E-state index is -0.0737. The lowest BCUT2D eigenvalue weighted by molar-refractivity contribution is -0.121. The molecule has 94 valence electrons. The van der Waals surface area contributed by atoms with Gasteiger partial charge in [0.25, 0.3) is 0 Å². The smallest absolute Gasteiger partial charge is 0.241 e. The Balaban J connectivity index is 1.62. The summed E-state index contributed by atoms with van der Waals surface area (Å²) in [6.45, 7) is 1.17. The lowest BCUT2D eigenvalue weighted by Crippen LogP contribution is -2.31. The van der Waals surface area contributed by atoms with E-state index in [0.29, 0.717) is 13.2 Å². The van der Waals surface area contributed by atoms with Gasteiger partial charge in [-0.25, -0.2) is 0 Å². The number of carbonyl (C=O) groups excluding carboxylic acids is 1. The minimum Gasteiger partial charge on any atom is -0.492 e. The Morgan fingerprint density at radius 2 is 2.11 bits per heavy atom. The van der Waals surface area contributed by atoms with Gasteiger partial charge in [0.1, 0.15) is 18.9 Å². The molecule has 1 aromatic carbocycles. The number of nitrogens with one attached hydrogen (secondary N) is 1. The summed E-state index contributed by atoms with van der Waals surface area (Å²) in [6.07, 6.45) is 3.39. The van der Waals surface area contributed by atoms with Gasteiger partial charge in [-0.05, 0) is 18.2 Å². The van der Waals surface area contributed by atoms with Gasteiger partial charge in [-0.15, -0.1) is 0 Å². The molecule has 0 aliphatic carbocycles. The van der Waals surface area contributed by atoms with Crippen LogP contribution in [0.4, 0.5) is 0 Å². The van der Waals surface area contributed by atoms with Crippen molar-refractivity contribution >= 4 is 5.91 Å². The molecule has 0 unspecified atom stereocenters. The minimum absolute atomic E-state index is 0.0737. The van der Waals surface area contributed by atoms with Crippen LogP contribution in [0.15, 0.2) is 48.8 Å². The Bertz CT molecular complexity index is 468. The number of carbonyl (C=O) groups is 1. The summed E-state index contributed by atoms with van der Waals surface area (Å²) in [4.78, 5) is 11.5. The second-order valence-corrected chi connectivity index (χ2v) is 3.72. The molecule has 1 amide bonds. The molecule has 2 rings (SSSR count). The number of amides is 1. The molecule has 0 spiro atoms. The number of hydrogen-bond acceptors (Lipinski definition) is 3. The fourth-order valence-corrected chi connectivity index (χ4v) is 1.47. The van der Waals surface area contributed by atoms with E-state index in [4.69, 9.17) is 4.74 Å². The zero-order chi connectivity index (χ0) is 12.6. The van der Waals surface area contributed by atoms with Crippen molar-refractivity contribution in [2.75, 3.05) is 13.2 Å². The van der Waals surface area contributed by atoms with Gasteiger partial charge in [0.15, 0.2) is 0 Å². The fourth-order valence-electron chi connectivity index (χ4n) is 1.47. The van der Waals surface area contributed by atoms with Crippen molar-refractivity contribution in [3.63, 3.8) is 0 Å². The van der Waals surface area contributed by atoms with Gasteiger partial charge in [-0.3, -0.25) is 9.48 Å². The molecule has 5 heteroatoms. The monoisotopic (exact) mass is 245 g/mol. The zero-order valence-electron chi connectivity index (χ0n) is 9.95. The van der Waals surface area contributed by atoms with Crippen molar-refractivity contribution in [3.05, 3.63) is 48.8 Å². The molecule has 18 heavy (non-hydrogen) atoms. The number of nitrogens with zero attached hydrogens (tertiary/aromatic N) is 2. The maximum absolute atomic E-state index is 11.5. The lowest BCUT2D eigenvalue weighted by Gasteiger charge is -2.07. The maximum Gasteiger partial charge on any atom is 0.241 e. The van der Waals surface area contributed by atoms with Gasteiger partial charge >= 0.3 is 0 Å². The summed E-state index contributed by atoms with van der Waals surface area (Å²) in [5, 5.41) is 6.72. The van der Waals surface area contributed by atoms with E-state index in [1.165, 1.54) is 0 Å². The number of benzene rings is 1. The van der Waals surface area contributed by atoms with Gasteiger partial charge in [-0.1, -0.05) is 18.2 Å². The van der Waals surface area contributed by atoms with E-state index >= 15 is 0 Å². The van der Waals surface area contributed by atoms with Crippen molar-refractivity contribution < 1.29 is 9.53 Å². The van der Waals surface area contributed by atoms with E-state index in [1.54, 1.807) is 23.1 Å². The molecule has 2 aromatic rings. The van der Waals surface area contributed by atoms with Crippen LogP contribution in [0.3, 0.4) is 0 Å². The highest BCUT2D eigenvalue weighted by atomic mass is 16.5. The molecule has 1 aromatic heterocycles. The van der Waals surface area contributed by atoms with Crippen LogP contribution in [-0.4, -0.2) is 28.8 Å². The quantitative estimate of drug-likeness (QED) is 0.775. The lowest BCUT2D eigenvalue weighted by atomic mass is 10.3. The number of rotatable bonds is 6. The van der Waals surface area contributed by atoms with Crippen LogP contribution in [-0.2, 0) is 11.3 Å². The number of ether oxygens (including phenoxy) is 1. The Kier molecular flexibility index (Phi) is 4.35. The van der Waals surface area contributed by atoms with E-state index in [1.807, 2.05) is 30.3 Å². The van der Waals surface area contributed by atoms with Crippen LogP contribution >= 0.6 is 0 Å². The van der Waals surface area contributed by atoms with Crippen molar-refractivity contribution in [2.24, 2.45) is 0 Å². The molecule has 0 saturated heterocycles. The van der Waals surface area contributed by atoms with Crippen LogP contribution in [0, 0.1) is 0 Å². The Morgan fingerprint density at radius 3 is 2.83 bits per heavy atom. The molecule has 0 saturated carbocycles. The summed E-state index contributed by atoms with van der Waals surface area (Å²) in [7, 11) is 0. The zero-order valence-corrected chi connectivity index (χ0v) is 9.95. The topological polar surface area (TPSA) is 56.2 Å². The molecular formula is C13H15N3O2. The van der Waals surface area contributed by atoms with Crippen LogP contribution in [0.5, 0.6) is 5.75 Å². The van der Waals surface area contributed by atoms with Crippen molar-refractivity contribution in [2.45, 2.75) is 6.54 Å². The van der Waals surface area contributed by atoms with Crippen molar-refractivity contribution in [1.29, 1.82) is 0 Å². The van der Waals surface area contributed by atoms with E-state index in [0.717, 1.165) is 5.75 Å². The highest BCUT2D eigenvalue weighted by molar-refractivity contribution is 5.75. The van der Waals surface area contributed by atoms with Gasteiger partial charge in [0.2, 0.25) is 5.91 Å². The van der Waals surface area contributed by atoms with Gasteiger partial charge in [0.05, 0.1) is 6.54 Å². The molecule has 0 fully saturated rings. The molecule has 0 atom stereocenters. The third-order valence-electron chi connectivity index (χ3n) is 2.30. The SMILES string of the molecule is O=C(Cn1cccn1)NCCOc1ccccc1. The van der Waals surface area contributed by atoms with Crippen molar-refractivity contribution in [3.8, 4) is 5.75 Å². The second kappa shape index (κ2) is 6.44. The first-order chi connectivity index (χ1) is 8.84. The van der Waals surface area contributed by atoms with Crippen LogP contribution < -0.4 is 10.1 Å². The predicted molar refractivity (Wildman–Crippen MR) is 67.2 cm³/mol. The summed E-state index contributed by atoms with van der Waals surface area (Å²) >= 11 is 0. The first-order valence-corrected chi connectivity index (χ1v) is 5.76. The predicted octanol–water partition coefficient (Wildman–Crippen LogP) is 1.08. The first kappa shape index (κ1) is 12.2. The van der Waals surface area contributed by atoms with Crippen molar-refractivity contribution in [1.82, 2.24) is 15.1 Å². The summed E-state index contributed by atoms with van der Waals surface area (Å²) in [5.74, 6) is 0.731. The largest absolute Gasteiger partial charge is 0.492 e. The Morgan fingerprint density at radius 1 is 1.28 bits per heavy atom. The number of para-hydroxylation sites is 1. The molecule has 0 bridgehead atoms. The van der Waals surface area contributed by atoms with Gasteiger partial charge in [0, 0.05) is 12.4 Å². The Hall–Kier alpha value is -2.30. The summed E-state index contributed by atoms with van der Waals surface area (Å²) in [5.41, 5.74) is 0. The van der Waals surface area contributed by atoms with Crippen LogP contribution in [0.1, 0.15) is 0 Å². The van der Waals surface area contributed by atoms with E-state index in [2.05, 4.69) is 10.4 Å². The molecule has 1 heterocycles. The molecule has 1 N–H and O–H groups in total. The standard InChI is InChI=1S/C13H15N3O2/c17-13(11-16-9-4-7-15-16)14-8-10-18-12-5-2-1-3-6-12/h1-7,9H,8,10-11H2,(H,14,17). The fraction of sp³-hybridized carbons (Fsp3) is 0.231. The van der Waals surface area contributed by atoms with E-state index in [9.17, 15) is 4.79 Å².